The second-order valence-electron chi connectivity index (χ2n) is 7.07. The Balaban J connectivity index is 1.67. The molecule has 0 spiro atoms. The Morgan fingerprint density at radius 2 is 1.82 bits per heavy atom. The Labute approximate surface area is 165 Å². The van der Waals surface area contributed by atoms with E-state index in [1.807, 2.05) is 67.6 Å². The third-order valence-corrected chi connectivity index (χ3v) is 6.42. The van der Waals surface area contributed by atoms with Gasteiger partial charge < -0.3 is 10.6 Å². The van der Waals surface area contributed by atoms with Gasteiger partial charge in [-0.15, -0.1) is 0 Å². The molecule has 3 aromatic rings. The Morgan fingerprint density at radius 3 is 2.54 bits per heavy atom. The van der Waals surface area contributed by atoms with Crippen molar-refractivity contribution in [3.05, 3.63) is 66.2 Å². The number of nitrogens with one attached hydrogen (secondary N) is 2. The number of anilines is 3. The summed E-state index contributed by atoms with van der Waals surface area (Å²) in [6, 6.07) is 19.6. The van der Waals surface area contributed by atoms with Crippen LogP contribution in [0.2, 0.25) is 0 Å². The zero-order chi connectivity index (χ0) is 19.6. The minimum Gasteiger partial charge on any atom is -0.366 e. The Bertz CT molecular complexity index is 1080. The van der Waals surface area contributed by atoms with Gasteiger partial charge in [-0.25, -0.2) is 13.4 Å². The molecule has 1 aliphatic rings. The summed E-state index contributed by atoms with van der Waals surface area (Å²) in [6.07, 6.45) is 0.591. The van der Waals surface area contributed by atoms with Gasteiger partial charge in [-0.1, -0.05) is 42.5 Å². The molecule has 2 N–H and O–H groups in total. The SMILES string of the molecule is Cc1cccc(Nc2nc(NC3CCS(=O)(=O)C3)cc(-c3ccccc3)n2)c1. The highest BCUT2D eigenvalue weighted by Crippen LogP contribution is 2.25. The lowest BCUT2D eigenvalue weighted by atomic mass is 10.1. The van der Waals surface area contributed by atoms with Crippen molar-refractivity contribution in [2.24, 2.45) is 0 Å². The number of hydrogen-bond acceptors (Lipinski definition) is 6. The number of aromatic nitrogens is 2. The molecule has 1 fully saturated rings. The number of aryl methyl sites for hydroxylation is 1. The topological polar surface area (TPSA) is 84.0 Å². The van der Waals surface area contributed by atoms with Crippen molar-refractivity contribution in [2.75, 3.05) is 22.1 Å². The fourth-order valence-corrected chi connectivity index (χ4v) is 4.98. The number of rotatable bonds is 5. The Morgan fingerprint density at radius 1 is 1.00 bits per heavy atom. The highest BCUT2D eigenvalue weighted by molar-refractivity contribution is 7.91. The summed E-state index contributed by atoms with van der Waals surface area (Å²) in [5.41, 5.74) is 3.78. The van der Waals surface area contributed by atoms with E-state index in [0.29, 0.717) is 18.2 Å². The van der Waals surface area contributed by atoms with Crippen LogP contribution >= 0.6 is 0 Å². The maximum Gasteiger partial charge on any atom is 0.229 e. The number of hydrogen-bond donors (Lipinski definition) is 2. The molecule has 0 bridgehead atoms. The highest BCUT2D eigenvalue weighted by atomic mass is 32.2. The summed E-state index contributed by atoms with van der Waals surface area (Å²) in [5, 5.41) is 6.53. The van der Waals surface area contributed by atoms with Crippen molar-refractivity contribution in [2.45, 2.75) is 19.4 Å². The first-order valence-electron chi connectivity index (χ1n) is 9.22. The average Bonchev–Trinajstić information content (AvgIpc) is 3.00. The van der Waals surface area contributed by atoms with Crippen molar-refractivity contribution in [3.8, 4) is 11.3 Å². The molecule has 1 saturated heterocycles. The van der Waals surface area contributed by atoms with Crippen LogP contribution in [-0.2, 0) is 9.84 Å². The van der Waals surface area contributed by atoms with Gasteiger partial charge in [0.2, 0.25) is 5.95 Å². The van der Waals surface area contributed by atoms with Crippen LogP contribution < -0.4 is 10.6 Å². The maximum absolute atomic E-state index is 11.8. The predicted molar refractivity (Wildman–Crippen MR) is 113 cm³/mol. The summed E-state index contributed by atoms with van der Waals surface area (Å²) in [6.45, 7) is 2.03. The number of sulfone groups is 1. The molecule has 0 amide bonds. The first-order valence-corrected chi connectivity index (χ1v) is 11.0. The van der Waals surface area contributed by atoms with E-state index in [-0.39, 0.29) is 17.5 Å². The minimum atomic E-state index is -2.96. The van der Waals surface area contributed by atoms with Crippen LogP contribution in [0.1, 0.15) is 12.0 Å². The van der Waals surface area contributed by atoms with Crippen molar-refractivity contribution in [1.82, 2.24) is 9.97 Å². The lowest BCUT2D eigenvalue weighted by Gasteiger charge is -2.15. The number of nitrogens with zero attached hydrogens (tertiary/aromatic N) is 2. The third kappa shape index (κ3) is 4.48. The normalized spacial score (nSPS) is 18.0. The molecule has 1 aliphatic heterocycles. The molecule has 2 aromatic carbocycles. The van der Waals surface area contributed by atoms with E-state index in [1.54, 1.807) is 0 Å². The molecule has 4 rings (SSSR count). The summed E-state index contributed by atoms with van der Waals surface area (Å²) < 4.78 is 23.5. The second kappa shape index (κ2) is 7.59. The molecule has 0 saturated carbocycles. The summed E-state index contributed by atoms with van der Waals surface area (Å²) in [5.74, 6) is 1.44. The van der Waals surface area contributed by atoms with E-state index < -0.39 is 9.84 Å². The van der Waals surface area contributed by atoms with E-state index in [4.69, 9.17) is 0 Å². The molecule has 1 atom stereocenters. The average molecular weight is 395 g/mol. The van der Waals surface area contributed by atoms with Gasteiger partial charge >= 0.3 is 0 Å². The van der Waals surface area contributed by atoms with Gasteiger partial charge in [0, 0.05) is 23.4 Å². The van der Waals surface area contributed by atoms with E-state index in [2.05, 4.69) is 20.6 Å². The Kier molecular flexibility index (Phi) is 5.00. The summed E-state index contributed by atoms with van der Waals surface area (Å²) in [7, 11) is -2.96. The molecule has 1 aromatic heterocycles. The Hall–Kier alpha value is -2.93. The van der Waals surface area contributed by atoms with Crippen LogP contribution in [-0.4, -0.2) is 35.9 Å². The molecule has 7 heteroatoms. The molecule has 6 nitrogen and oxygen atoms in total. The second-order valence-corrected chi connectivity index (χ2v) is 9.30. The van der Waals surface area contributed by atoms with Crippen LogP contribution in [0, 0.1) is 6.92 Å². The van der Waals surface area contributed by atoms with Crippen LogP contribution in [0.25, 0.3) is 11.3 Å². The van der Waals surface area contributed by atoms with Gasteiger partial charge in [-0.2, -0.15) is 4.98 Å². The fraction of sp³-hybridized carbons (Fsp3) is 0.238. The first kappa shape index (κ1) is 18.4. The van der Waals surface area contributed by atoms with E-state index in [1.165, 1.54) is 0 Å². The molecule has 28 heavy (non-hydrogen) atoms. The lowest BCUT2D eigenvalue weighted by Crippen LogP contribution is -2.21. The van der Waals surface area contributed by atoms with Crippen LogP contribution in [0.3, 0.4) is 0 Å². The molecular formula is C21H22N4O2S. The lowest BCUT2D eigenvalue weighted by molar-refractivity contribution is 0.602. The standard InChI is InChI=1S/C21H22N4O2S/c1-15-6-5-9-17(12-15)23-21-24-19(16-7-3-2-4-8-16)13-20(25-21)22-18-10-11-28(26,27)14-18/h2-9,12-13,18H,10-11,14H2,1H3,(H2,22,23,24,25). The van der Waals surface area contributed by atoms with Gasteiger partial charge in [0.1, 0.15) is 5.82 Å². The molecule has 0 radical (unpaired) electrons. The zero-order valence-corrected chi connectivity index (χ0v) is 16.4. The van der Waals surface area contributed by atoms with E-state index in [9.17, 15) is 8.42 Å². The number of benzene rings is 2. The summed E-state index contributed by atoms with van der Waals surface area (Å²) in [4.78, 5) is 9.22. The van der Waals surface area contributed by atoms with Crippen LogP contribution in [0.5, 0.6) is 0 Å². The molecule has 144 valence electrons. The van der Waals surface area contributed by atoms with Crippen molar-refractivity contribution >= 4 is 27.3 Å². The quantitative estimate of drug-likeness (QED) is 0.685. The monoisotopic (exact) mass is 394 g/mol. The van der Waals surface area contributed by atoms with Crippen LogP contribution in [0.4, 0.5) is 17.5 Å². The van der Waals surface area contributed by atoms with Gasteiger partial charge in [0.25, 0.3) is 0 Å². The molecule has 0 aliphatic carbocycles. The van der Waals surface area contributed by atoms with Crippen molar-refractivity contribution < 1.29 is 8.42 Å². The van der Waals surface area contributed by atoms with Gasteiger partial charge in [-0.3, -0.25) is 0 Å². The highest BCUT2D eigenvalue weighted by Gasteiger charge is 2.28. The molecule has 2 heterocycles. The minimum absolute atomic E-state index is 0.129. The van der Waals surface area contributed by atoms with Crippen molar-refractivity contribution in [3.63, 3.8) is 0 Å². The molecular weight excluding hydrogens is 372 g/mol. The summed E-state index contributed by atoms with van der Waals surface area (Å²) >= 11 is 0. The van der Waals surface area contributed by atoms with Gasteiger partial charge in [0.05, 0.1) is 17.2 Å². The fourth-order valence-electron chi connectivity index (χ4n) is 3.30. The van der Waals surface area contributed by atoms with Crippen LogP contribution in [0.15, 0.2) is 60.7 Å². The predicted octanol–water partition coefficient (Wildman–Crippen LogP) is 3.79. The smallest absolute Gasteiger partial charge is 0.229 e. The van der Waals surface area contributed by atoms with E-state index in [0.717, 1.165) is 22.5 Å². The van der Waals surface area contributed by atoms with Gasteiger partial charge in [0.15, 0.2) is 9.84 Å². The largest absolute Gasteiger partial charge is 0.366 e. The third-order valence-electron chi connectivity index (χ3n) is 4.65. The zero-order valence-electron chi connectivity index (χ0n) is 15.6. The van der Waals surface area contributed by atoms with Crippen molar-refractivity contribution in [1.29, 1.82) is 0 Å². The molecule has 1 unspecified atom stereocenters. The maximum atomic E-state index is 11.8. The van der Waals surface area contributed by atoms with E-state index >= 15 is 0 Å². The first-order chi connectivity index (χ1) is 13.5. The van der Waals surface area contributed by atoms with Gasteiger partial charge in [-0.05, 0) is 31.0 Å².